The SMILES string of the molecule is CNS(=O)(=O)CCNC(=O)c1ccncc1NN. The number of pyridine rings is 1. The van der Waals surface area contributed by atoms with Gasteiger partial charge < -0.3 is 10.7 Å². The minimum absolute atomic E-state index is 0.00827. The molecule has 5 N–H and O–H groups in total. The molecule has 8 nitrogen and oxygen atoms in total. The van der Waals surface area contributed by atoms with Crippen LogP contribution in [0.1, 0.15) is 10.4 Å². The summed E-state index contributed by atoms with van der Waals surface area (Å²) in [5.74, 6) is 4.62. The Labute approximate surface area is 105 Å². The Morgan fingerprint density at radius 2 is 2.22 bits per heavy atom. The maximum Gasteiger partial charge on any atom is 0.253 e. The van der Waals surface area contributed by atoms with E-state index in [4.69, 9.17) is 5.84 Å². The molecule has 0 aliphatic rings. The standard InChI is InChI=1S/C9H15N5O3S/c1-11-18(16,17)5-4-13-9(15)7-2-3-12-6-8(7)14-10/h2-3,6,11,14H,4-5,10H2,1H3,(H,13,15). The number of anilines is 1. The van der Waals surface area contributed by atoms with Crippen molar-refractivity contribution in [1.82, 2.24) is 15.0 Å². The van der Waals surface area contributed by atoms with Crippen LogP contribution in [-0.4, -0.2) is 38.7 Å². The van der Waals surface area contributed by atoms with Crippen LogP contribution in [0.2, 0.25) is 0 Å². The molecule has 1 heterocycles. The minimum atomic E-state index is -3.33. The maximum absolute atomic E-state index is 11.7. The van der Waals surface area contributed by atoms with E-state index >= 15 is 0 Å². The average molecular weight is 273 g/mol. The van der Waals surface area contributed by atoms with Crippen molar-refractivity contribution in [3.63, 3.8) is 0 Å². The third-order valence-corrected chi connectivity index (χ3v) is 3.55. The van der Waals surface area contributed by atoms with Crippen LogP contribution in [0.3, 0.4) is 0 Å². The van der Waals surface area contributed by atoms with Gasteiger partial charge in [-0.2, -0.15) is 0 Å². The molecule has 0 aromatic carbocycles. The van der Waals surface area contributed by atoms with Crippen molar-refractivity contribution in [3.05, 3.63) is 24.0 Å². The zero-order valence-corrected chi connectivity index (χ0v) is 10.6. The fourth-order valence-electron chi connectivity index (χ4n) is 1.20. The van der Waals surface area contributed by atoms with Crippen molar-refractivity contribution in [2.45, 2.75) is 0 Å². The lowest BCUT2D eigenvalue weighted by molar-refractivity contribution is 0.0957. The summed E-state index contributed by atoms with van der Waals surface area (Å²) in [5.41, 5.74) is 3.01. The molecule has 1 aromatic rings. The predicted molar refractivity (Wildman–Crippen MR) is 67.2 cm³/mol. The van der Waals surface area contributed by atoms with Crippen molar-refractivity contribution in [2.24, 2.45) is 5.84 Å². The topological polar surface area (TPSA) is 126 Å². The molecule has 0 saturated heterocycles. The molecule has 0 fully saturated rings. The lowest BCUT2D eigenvalue weighted by Gasteiger charge is -2.08. The molecule has 0 aliphatic heterocycles. The maximum atomic E-state index is 11.7. The van der Waals surface area contributed by atoms with Gasteiger partial charge in [0, 0.05) is 12.7 Å². The third kappa shape index (κ3) is 3.95. The molecule has 0 radical (unpaired) electrons. The van der Waals surface area contributed by atoms with Gasteiger partial charge in [0.25, 0.3) is 5.91 Å². The molecule has 0 aliphatic carbocycles. The fraction of sp³-hybridized carbons (Fsp3) is 0.333. The molecule has 0 unspecified atom stereocenters. The number of nitrogen functional groups attached to an aromatic ring is 1. The predicted octanol–water partition coefficient (Wildman–Crippen LogP) is -1.35. The number of nitrogens with zero attached hydrogens (tertiary/aromatic N) is 1. The first-order chi connectivity index (χ1) is 8.50. The Morgan fingerprint density at radius 1 is 1.50 bits per heavy atom. The zero-order chi connectivity index (χ0) is 13.6. The zero-order valence-electron chi connectivity index (χ0n) is 9.80. The van der Waals surface area contributed by atoms with Crippen LogP contribution in [0.25, 0.3) is 0 Å². The molecule has 1 amide bonds. The summed E-state index contributed by atoms with van der Waals surface area (Å²) in [5, 5.41) is 2.48. The number of hydrogen-bond acceptors (Lipinski definition) is 6. The van der Waals surface area contributed by atoms with E-state index in [9.17, 15) is 13.2 Å². The summed E-state index contributed by atoms with van der Waals surface area (Å²) in [4.78, 5) is 15.6. The van der Waals surface area contributed by atoms with Gasteiger partial charge in [-0.05, 0) is 13.1 Å². The van der Waals surface area contributed by atoms with E-state index in [2.05, 4.69) is 20.4 Å². The first-order valence-electron chi connectivity index (χ1n) is 5.10. The Bertz CT molecular complexity index is 517. The van der Waals surface area contributed by atoms with E-state index in [-0.39, 0.29) is 12.3 Å². The van der Waals surface area contributed by atoms with Crippen LogP contribution < -0.4 is 21.3 Å². The van der Waals surface area contributed by atoms with Crippen LogP contribution >= 0.6 is 0 Å². The lowest BCUT2D eigenvalue weighted by Crippen LogP contribution is -2.33. The summed E-state index contributed by atoms with van der Waals surface area (Å²) in [6.45, 7) is 0.00827. The van der Waals surface area contributed by atoms with Gasteiger partial charge in [0.1, 0.15) is 0 Å². The second-order valence-electron chi connectivity index (χ2n) is 3.34. The van der Waals surface area contributed by atoms with Crippen LogP contribution in [0.5, 0.6) is 0 Å². The number of carbonyl (C=O) groups is 1. The van der Waals surface area contributed by atoms with E-state index in [1.54, 1.807) is 0 Å². The Balaban J connectivity index is 2.61. The van der Waals surface area contributed by atoms with Crippen molar-refractivity contribution < 1.29 is 13.2 Å². The number of aromatic nitrogens is 1. The number of nitrogens with one attached hydrogen (secondary N) is 3. The summed E-state index contributed by atoms with van der Waals surface area (Å²) in [6, 6.07) is 1.48. The number of sulfonamides is 1. The Hall–Kier alpha value is -1.71. The number of rotatable bonds is 6. The molecule has 1 aromatic heterocycles. The molecule has 18 heavy (non-hydrogen) atoms. The van der Waals surface area contributed by atoms with E-state index in [0.717, 1.165) is 0 Å². The van der Waals surface area contributed by atoms with Gasteiger partial charge in [-0.1, -0.05) is 0 Å². The van der Waals surface area contributed by atoms with Gasteiger partial charge >= 0.3 is 0 Å². The molecule has 0 atom stereocenters. The van der Waals surface area contributed by atoms with Crippen LogP contribution in [0, 0.1) is 0 Å². The second-order valence-corrected chi connectivity index (χ2v) is 5.39. The van der Waals surface area contributed by atoms with E-state index in [1.807, 2.05) is 0 Å². The highest BCUT2D eigenvalue weighted by atomic mass is 32.2. The molecule has 0 bridgehead atoms. The number of nitrogens with two attached hydrogens (primary N) is 1. The molecular formula is C9H15N5O3S. The molecular weight excluding hydrogens is 258 g/mol. The first-order valence-corrected chi connectivity index (χ1v) is 6.75. The molecule has 100 valence electrons. The summed E-state index contributed by atoms with van der Waals surface area (Å²) in [7, 11) is -2.01. The molecule has 0 saturated carbocycles. The summed E-state index contributed by atoms with van der Waals surface area (Å²) < 4.78 is 24.4. The monoisotopic (exact) mass is 273 g/mol. The van der Waals surface area contributed by atoms with Crippen molar-refractivity contribution in [1.29, 1.82) is 0 Å². The van der Waals surface area contributed by atoms with E-state index < -0.39 is 15.9 Å². The first kappa shape index (κ1) is 14.4. The Morgan fingerprint density at radius 3 is 2.83 bits per heavy atom. The normalized spacial score (nSPS) is 11.0. The fourth-order valence-corrected chi connectivity index (χ4v) is 1.78. The van der Waals surface area contributed by atoms with Crippen LogP contribution in [-0.2, 0) is 10.0 Å². The van der Waals surface area contributed by atoms with Crippen LogP contribution in [0.4, 0.5) is 5.69 Å². The molecule has 0 spiro atoms. The highest BCUT2D eigenvalue weighted by Gasteiger charge is 2.12. The van der Waals surface area contributed by atoms with Crippen molar-refractivity contribution in [2.75, 3.05) is 24.8 Å². The highest BCUT2D eigenvalue weighted by Crippen LogP contribution is 2.10. The summed E-state index contributed by atoms with van der Waals surface area (Å²) in [6.07, 6.45) is 2.85. The largest absolute Gasteiger partial charge is 0.351 e. The third-order valence-electron chi connectivity index (χ3n) is 2.19. The number of carbonyl (C=O) groups excluding carboxylic acids is 1. The second kappa shape index (κ2) is 6.28. The van der Waals surface area contributed by atoms with E-state index in [1.165, 1.54) is 25.5 Å². The number of amides is 1. The van der Waals surface area contributed by atoms with Gasteiger partial charge in [-0.3, -0.25) is 15.6 Å². The van der Waals surface area contributed by atoms with Gasteiger partial charge in [-0.15, -0.1) is 0 Å². The van der Waals surface area contributed by atoms with Gasteiger partial charge in [-0.25, -0.2) is 13.1 Å². The van der Waals surface area contributed by atoms with Crippen LogP contribution in [0.15, 0.2) is 18.5 Å². The van der Waals surface area contributed by atoms with Crippen molar-refractivity contribution >= 4 is 21.6 Å². The minimum Gasteiger partial charge on any atom is -0.351 e. The summed E-state index contributed by atoms with van der Waals surface area (Å²) >= 11 is 0. The van der Waals surface area contributed by atoms with Gasteiger partial charge in [0.15, 0.2) is 0 Å². The Kier molecular flexibility index (Phi) is 5.01. The number of hydrazine groups is 1. The average Bonchev–Trinajstić information content (AvgIpc) is 2.38. The smallest absolute Gasteiger partial charge is 0.253 e. The quantitative estimate of drug-likeness (QED) is 0.375. The van der Waals surface area contributed by atoms with Crippen molar-refractivity contribution in [3.8, 4) is 0 Å². The highest BCUT2D eigenvalue weighted by molar-refractivity contribution is 7.89. The van der Waals surface area contributed by atoms with Gasteiger partial charge in [0.2, 0.25) is 10.0 Å². The molecule has 1 rings (SSSR count). The van der Waals surface area contributed by atoms with Gasteiger partial charge in [0.05, 0.1) is 23.2 Å². The lowest BCUT2D eigenvalue weighted by atomic mass is 10.2. The molecule has 9 heteroatoms. The number of hydrogen-bond donors (Lipinski definition) is 4. The van der Waals surface area contributed by atoms with E-state index in [0.29, 0.717) is 11.3 Å².